The Morgan fingerprint density at radius 2 is 1.14 bits per heavy atom. The molecule has 0 unspecified atom stereocenters. The van der Waals surface area contributed by atoms with Gasteiger partial charge < -0.3 is 34.8 Å². The molecule has 42 valence electrons. The molecule has 0 radical (unpaired) electrons. The molecule has 0 fully saturated rings. The first-order chi connectivity index (χ1) is 2.64. The predicted molar refractivity (Wildman–Crippen MR) is 24.7 cm³/mol. The van der Waals surface area contributed by atoms with Crippen molar-refractivity contribution in [1.82, 2.24) is 0 Å². The second-order valence-electron chi connectivity index (χ2n) is 0.575. The minimum Gasteiger partial charge on any atom is -0.736 e. The molecule has 0 N–H and O–H groups in total. The minimum atomic E-state index is -0.981. The van der Waals surface area contributed by atoms with Gasteiger partial charge in [0.15, 0.2) is 0 Å². The largest absolute Gasteiger partial charge is 2.00 e. The smallest absolute Gasteiger partial charge is 0.736 e. The van der Waals surface area contributed by atoms with Crippen molar-refractivity contribution in [1.29, 1.82) is 0 Å². The van der Waals surface area contributed by atoms with Gasteiger partial charge in [-0.3, -0.25) is 0 Å². The van der Waals surface area contributed by atoms with E-state index in [2.05, 4.69) is 25.3 Å². The van der Waals surface area contributed by atoms with Crippen LogP contribution in [0.1, 0.15) is 0 Å². The van der Waals surface area contributed by atoms with Crippen molar-refractivity contribution in [3.05, 3.63) is 0 Å². The van der Waals surface area contributed by atoms with Gasteiger partial charge in [-0.05, 0) is 0 Å². The van der Waals surface area contributed by atoms with E-state index in [-0.39, 0.29) is 21.1 Å². The van der Waals surface area contributed by atoms with Gasteiger partial charge in [-0.15, -0.1) is 0 Å². The van der Waals surface area contributed by atoms with E-state index in [1.165, 1.54) is 0 Å². The van der Waals surface area contributed by atoms with Crippen LogP contribution in [0.5, 0.6) is 0 Å². The van der Waals surface area contributed by atoms with Gasteiger partial charge in [-0.1, -0.05) is 0 Å². The molecule has 0 atom stereocenters. The number of carbonyl (C=O) groups is 2. The summed E-state index contributed by atoms with van der Waals surface area (Å²) < 4.78 is 0. The Bertz CT molecular complexity index is 79.7. The monoisotopic (exact) mass is 315 g/mol. The van der Waals surface area contributed by atoms with E-state index in [1.54, 1.807) is 0 Å². The van der Waals surface area contributed by atoms with Crippen LogP contribution in [0.3, 0.4) is 0 Å². The molecular formula is C2O2PtS2. The number of hydrogen-bond donors (Lipinski definition) is 0. The Balaban J connectivity index is 0. The Labute approximate surface area is 66.1 Å². The summed E-state index contributed by atoms with van der Waals surface area (Å²) in [7, 11) is 0. The summed E-state index contributed by atoms with van der Waals surface area (Å²) in [6.45, 7) is 0. The molecule has 0 heterocycles. The normalized spacial score (nSPS) is 6.29. The fourth-order valence-electron chi connectivity index (χ4n) is 0. The van der Waals surface area contributed by atoms with Crippen LogP contribution in [-0.2, 0) is 55.9 Å². The zero-order valence-electron chi connectivity index (χ0n) is 2.95. The molecule has 0 amide bonds. The second kappa shape index (κ2) is 4.62. The van der Waals surface area contributed by atoms with Gasteiger partial charge in [0.25, 0.3) is 0 Å². The van der Waals surface area contributed by atoms with E-state index >= 15 is 0 Å². The SMILES string of the molecule is O=C([S-])C(=O)[S-].[Pt+2]. The Morgan fingerprint density at radius 3 is 1.14 bits per heavy atom. The molecule has 0 aliphatic carbocycles. The zero-order valence-corrected chi connectivity index (χ0v) is 6.85. The van der Waals surface area contributed by atoms with E-state index in [1.807, 2.05) is 0 Å². The molecule has 0 aromatic carbocycles. The van der Waals surface area contributed by atoms with Crippen molar-refractivity contribution in [3.8, 4) is 0 Å². The van der Waals surface area contributed by atoms with Crippen LogP contribution in [-0.4, -0.2) is 10.2 Å². The molecule has 0 aromatic heterocycles. The van der Waals surface area contributed by atoms with Crippen LogP contribution in [0, 0.1) is 0 Å². The molecule has 0 aromatic rings. The molecule has 0 saturated carbocycles. The molecule has 0 spiro atoms. The second-order valence-corrected chi connectivity index (χ2v) is 1.32. The van der Waals surface area contributed by atoms with Gasteiger partial charge >= 0.3 is 21.1 Å². The number of carbonyl (C=O) groups excluding carboxylic acids is 2. The molecular weight excluding hydrogens is 315 g/mol. The van der Waals surface area contributed by atoms with Crippen LogP contribution < -0.4 is 0 Å². The van der Waals surface area contributed by atoms with Gasteiger partial charge in [-0.2, -0.15) is 0 Å². The standard InChI is InChI=1S/C2H2O2S2.Pt/c3-1(5)2(4)6;/h(H,3,5)(H,4,6);/q;+2/p-2. The molecule has 5 heteroatoms. The molecule has 7 heavy (non-hydrogen) atoms. The fraction of sp³-hybridized carbons (Fsp3) is 0. The van der Waals surface area contributed by atoms with Gasteiger partial charge in [-0.25, -0.2) is 0 Å². The molecule has 0 aliphatic heterocycles. The van der Waals surface area contributed by atoms with E-state index in [0.29, 0.717) is 0 Å². The first kappa shape index (κ1) is 10.4. The van der Waals surface area contributed by atoms with Crippen LogP contribution in [0.25, 0.3) is 0 Å². The Hall–Kier alpha value is 0.468. The maximum atomic E-state index is 9.50. The van der Waals surface area contributed by atoms with E-state index in [4.69, 9.17) is 0 Å². The summed E-state index contributed by atoms with van der Waals surface area (Å²) in [5.74, 6) is 0. The third-order valence-corrected chi connectivity index (χ3v) is 0.667. The summed E-state index contributed by atoms with van der Waals surface area (Å²) in [5.41, 5.74) is 0. The van der Waals surface area contributed by atoms with Crippen LogP contribution in [0.4, 0.5) is 0 Å². The van der Waals surface area contributed by atoms with Gasteiger partial charge in [0.2, 0.25) is 0 Å². The molecule has 0 aliphatic rings. The van der Waals surface area contributed by atoms with Crippen molar-refractivity contribution in [2.75, 3.05) is 0 Å². The van der Waals surface area contributed by atoms with E-state index in [0.717, 1.165) is 0 Å². The van der Waals surface area contributed by atoms with Gasteiger partial charge in [0.1, 0.15) is 0 Å². The van der Waals surface area contributed by atoms with Gasteiger partial charge in [0.05, 0.1) is 10.2 Å². The summed E-state index contributed by atoms with van der Waals surface area (Å²) >= 11 is 7.62. The maximum Gasteiger partial charge on any atom is 2.00 e. The third kappa shape index (κ3) is 6.47. The molecule has 0 rings (SSSR count). The van der Waals surface area contributed by atoms with Crippen molar-refractivity contribution in [2.45, 2.75) is 0 Å². The van der Waals surface area contributed by atoms with E-state index < -0.39 is 10.2 Å². The summed E-state index contributed by atoms with van der Waals surface area (Å²) in [6, 6.07) is 0. The summed E-state index contributed by atoms with van der Waals surface area (Å²) in [6.07, 6.45) is 0. The topological polar surface area (TPSA) is 34.1 Å². The summed E-state index contributed by atoms with van der Waals surface area (Å²) in [4.78, 5) is 19.0. The van der Waals surface area contributed by atoms with Crippen LogP contribution in [0.15, 0.2) is 0 Å². The summed E-state index contributed by atoms with van der Waals surface area (Å²) in [5, 5.41) is -1.96. The maximum absolute atomic E-state index is 9.50. The average Bonchev–Trinajstić information content (AvgIpc) is 1.36. The molecule has 2 nitrogen and oxygen atoms in total. The van der Waals surface area contributed by atoms with Crippen molar-refractivity contribution in [3.63, 3.8) is 0 Å². The third-order valence-electron chi connectivity index (χ3n) is 0.167. The minimum absolute atomic E-state index is 0. The fourth-order valence-corrected chi connectivity index (χ4v) is 0. The Kier molecular flexibility index (Phi) is 6.90. The predicted octanol–water partition coefficient (Wildman–Crippen LogP) is -0.869. The molecule has 0 bridgehead atoms. The average molecular weight is 315 g/mol. The van der Waals surface area contributed by atoms with Crippen LogP contribution in [0.2, 0.25) is 0 Å². The number of rotatable bonds is 1. The first-order valence-corrected chi connectivity index (χ1v) is 1.88. The Morgan fingerprint density at radius 1 is 1.00 bits per heavy atom. The quantitative estimate of drug-likeness (QED) is 0.465. The number of hydrogen-bond acceptors (Lipinski definition) is 4. The van der Waals surface area contributed by atoms with Crippen molar-refractivity contribution < 1.29 is 30.7 Å². The zero-order chi connectivity index (χ0) is 5.15. The molecule has 0 saturated heterocycles. The van der Waals surface area contributed by atoms with Crippen molar-refractivity contribution in [2.24, 2.45) is 0 Å². The van der Waals surface area contributed by atoms with E-state index in [9.17, 15) is 9.59 Å². The van der Waals surface area contributed by atoms with Crippen molar-refractivity contribution >= 4 is 35.5 Å². The first-order valence-electron chi connectivity index (χ1n) is 1.07. The van der Waals surface area contributed by atoms with Crippen LogP contribution >= 0.6 is 0 Å². The van der Waals surface area contributed by atoms with Gasteiger partial charge in [0, 0.05) is 0 Å².